The van der Waals surface area contributed by atoms with Crippen LogP contribution >= 0.6 is 0 Å². The van der Waals surface area contributed by atoms with Crippen molar-refractivity contribution in [3.8, 4) is 0 Å². The van der Waals surface area contributed by atoms with Gasteiger partial charge in [-0.05, 0) is 46.1 Å². The van der Waals surface area contributed by atoms with Gasteiger partial charge in [0, 0.05) is 0 Å². The van der Waals surface area contributed by atoms with Crippen molar-refractivity contribution in [2.24, 2.45) is 0 Å². The van der Waals surface area contributed by atoms with E-state index in [1.807, 2.05) is 0 Å². The monoisotopic (exact) mass is 128 g/mol. The maximum atomic E-state index is 3.11. The summed E-state index contributed by atoms with van der Waals surface area (Å²) < 4.78 is 0. The van der Waals surface area contributed by atoms with E-state index >= 15 is 0 Å². The van der Waals surface area contributed by atoms with Crippen molar-refractivity contribution in [3.05, 3.63) is 0 Å². The molecule has 0 unspecified atom stereocenters. The van der Waals surface area contributed by atoms with E-state index in [0.717, 1.165) is 0 Å². The molecule has 1 N–H and O–H groups in total. The number of hydrogen-bond donors (Lipinski definition) is 1. The number of hydrogen-bond acceptors (Lipinski definition) is 2. The molecule has 9 heavy (non-hydrogen) atoms. The largest absolute Gasteiger partial charge is 0.317 e. The minimum atomic E-state index is 1.25. The smallest absolute Gasteiger partial charge is 0.000959 e. The van der Waals surface area contributed by atoms with Crippen molar-refractivity contribution in [2.75, 3.05) is 33.2 Å². The molecule has 2 nitrogen and oxygen atoms in total. The van der Waals surface area contributed by atoms with Crippen LogP contribution in [0.1, 0.15) is 12.8 Å². The minimum absolute atomic E-state index is 1.25. The van der Waals surface area contributed by atoms with Crippen LogP contribution in [0.15, 0.2) is 0 Å². The molecular weight excluding hydrogens is 112 g/mol. The molecule has 2 rings (SSSR count). The Morgan fingerprint density at radius 3 is 1.44 bits per heavy atom. The van der Waals surface area contributed by atoms with E-state index in [-0.39, 0.29) is 0 Å². The van der Waals surface area contributed by atoms with Crippen LogP contribution in [0.4, 0.5) is 0 Å². The highest BCUT2D eigenvalue weighted by Crippen LogP contribution is 1.98. The predicted octanol–water partition coefficient (Wildman–Crippen LogP) is 0.302. The van der Waals surface area contributed by atoms with Gasteiger partial charge < -0.3 is 10.2 Å². The van der Waals surface area contributed by atoms with Gasteiger partial charge in [0.15, 0.2) is 0 Å². The first-order valence-corrected chi connectivity index (χ1v) is 3.79. The molecule has 2 saturated heterocycles. The van der Waals surface area contributed by atoms with Gasteiger partial charge in [0.1, 0.15) is 0 Å². The molecule has 2 aliphatic heterocycles. The van der Waals surface area contributed by atoms with Crippen LogP contribution in [-0.2, 0) is 0 Å². The van der Waals surface area contributed by atoms with E-state index in [0.29, 0.717) is 0 Å². The third-order valence-electron chi connectivity index (χ3n) is 1.79. The highest BCUT2D eigenvalue weighted by Gasteiger charge is 2.04. The van der Waals surface area contributed by atoms with E-state index < -0.39 is 0 Å². The molecule has 0 atom stereocenters. The average Bonchev–Trinajstić information content (AvgIpc) is 1.56. The fraction of sp³-hybridized carbons (Fsp3) is 1.00. The summed E-state index contributed by atoms with van der Waals surface area (Å²) in [7, 11) is 2.14. The van der Waals surface area contributed by atoms with E-state index in [1.54, 1.807) is 0 Å². The quantitative estimate of drug-likeness (QED) is 0.505. The van der Waals surface area contributed by atoms with Gasteiger partial charge in [-0.1, -0.05) is 0 Å². The van der Waals surface area contributed by atoms with Gasteiger partial charge in [0.25, 0.3) is 0 Å². The van der Waals surface area contributed by atoms with Gasteiger partial charge in [0.05, 0.1) is 0 Å². The molecule has 0 aromatic heterocycles. The Hall–Kier alpha value is -0.0800. The first-order chi connectivity index (χ1) is 4.39. The fourth-order valence-corrected chi connectivity index (χ4v) is 0.651. The lowest BCUT2D eigenvalue weighted by molar-refractivity contribution is 0.229. The molecule has 0 aromatic rings. The second kappa shape index (κ2) is 3.85. The Balaban J connectivity index is 0.0000000922. The first-order valence-electron chi connectivity index (χ1n) is 3.79. The molecule has 0 spiro atoms. The van der Waals surface area contributed by atoms with Crippen LogP contribution in [0.25, 0.3) is 0 Å². The normalized spacial score (nSPS) is 25.0. The summed E-state index contributed by atoms with van der Waals surface area (Å²) in [5.74, 6) is 0. The molecule has 0 saturated carbocycles. The Bertz CT molecular complexity index is 61.3. The van der Waals surface area contributed by atoms with E-state index in [1.165, 1.54) is 39.0 Å². The maximum absolute atomic E-state index is 3.11. The highest BCUT2D eigenvalue weighted by atomic mass is 15.1. The van der Waals surface area contributed by atoms with Crippen molar-refractivity contribution < 1.29 is 0 Å². The van der Waals surface area contributed by atoms with Gasteiger partial charge >= 0.3 is 0 Å². The molecule has 0 radical (unpaired) electrons. The summed E-state index contributed by atoms with van der Waals surface area (Å²) in [4.78, 5) is 2.31. The summed E-state index contributed by atoms with van der Waals surface area (Å²) in [6.07, 6.45) is 2.80. The Kier molecular flexibility index (Phi) is 3.01. The highest BCUT2D eigenvalue weighted by molar-refractivity contribution is 4.61. The molecule has 2 heterocycles. The van der Waals surface area contributed by atoms with Crippen molar-refractivity contribution in [3.63, 3.8) is 0 Å². The zero-order valence-corrected chi connectivity index (χ0v) is 6.19. The SMILES string of the molecule is C1CNC1.CN1CCC1. The summed E-state index contributed by atoms with van der Waals surface area (Å²) in [5.41, 5.74) is 0. The topological polar surface area (TPSA) is 15.3 Å². The Morgan fingerprint density at radius 1 is 1.11 bits per heavy atom. The van der Waals surface area contributed by atoms with Gasteiger partial charge in [-0.25, -0.2) is 0 Å². The lowest BCUT2D eigenvalue weighted by Gasteiger charge is -2.24. The Labute approximate surface area is 57.2 Å². The lowest BCUT2D eigenvalue weighted by atomic mass is 10.3. The summed E-state index contributed by atoms with van der Waals surface area (Å²) in [6.45, 7) is 5.14. The third-order valence-corrected chi connectivity index (χ3v) is 1.79. The second-order valence-corrected chi connectivity index (χ2v) is 2.76. The summed E-state index contributed by atoms with van der Waals surface area (Å²) in [6, 6.07) is 0. The maximum Gasteiger partial charge on any atom is -0.000959 e. The molecule has 54 valence electrons. The third kappa shape index (κ3) is 2.82. The van der Waals surface area contributed by atoms with Gasteiger partial charge in [0.2, 0.25) is 0 Å². The molecule has 0 aromatic carbocycles. The van der Waals surface area contributed by atoms with Crippen molar-refractivity contribution in [1.82, 2.24) is 10.2 Å². The van der Waals surface area contributed by atoms with E-state index in [4.69, 9.17) is 0 Å². The van der Waals surface area contributed by atoms with Gasteiger partial charge in [-0.15, -0.1) is 0 Å². The zero-order chi connectivity index (χ0) is 6.53. The molecule has 0 aliphatic carbocycles. The van der Waals surface area contributed by atoms with Crippen LogP contribution in [0, 0.1) is 0 Å². The molecule has 0 amide bonds. The predicted molar refractivity (Wildman–Crippen MR) is 39.6 cm³/mol. The molecular formula is C7H16N2. The van der Waals surface area contributed by atoms with Crippen LogP contribution < -0.4 is 5.32 Å². The first kappa shape index (κ1) is 7.03. The molecule has 0 bridgehead atoms. The number of nitrogens with zero attached hydrogens (tertiary/aromatic N) is 1. The summed E-state index contributed by atoms with van der Waals surface area (Å²) >= 11 is 0. The standard InChI is InChI=1S/C4H9N.C3H7N/c1-5-3-2-4-5;1-2-4-3-1/h2-4H2,1H3;4H,1-3H2. The van der Waals surface area contributed by atoms with Crippen molar-refractivity contribution in [1.29, 1.82) is 0 Å². The number of likely N-dealkylation sites (tertiary alicyclic amines) is 1. The molecule has 2 heteroatoms. The van der Waals surface area contributed by atoms with Crippen molar-refractivity contribution in [2.45, 2.75) is 12.8 Å². The fourth-order valence-electron chi connectivity index (χ4n) is 0.651. The van der Waals surface area contributed by atoms with Crippen LogP contribution in [0.2, 0.25) is 0 Å². The van der Waals surface area contributed by atoms with Crippen molar-refractivity contribution >= 4 is 0 Å². The molecule has 2 aliphatic rings. The lowest BCUT2D eigenvalue weighted by Crippen LogP contribution is -2.32. The average molecular weight is 128 g/mol. The van der Waals surface area contributed by atoms with Gasteiger partial charge in [-0.2, -0.15) is 0 Å². The molecule has 2 fully saturated rings. The Morgan fingerprint density at radius 2 is 1.44 bits per heavy atom. The van der Waals surface area contributed by atoms with E-state index in [9.17, 15) is 0 Å². The minimum Gasteiger partial charge on any atom is -0.317 e. The second-order valence-electron chi connectivity index (χ2n) is 2.76. The zero-order valence-electron chi connectivity index (χ0n) is 6.19. The van der Waals surface area contributed by atoms with Crippen LogP contribution in [0.5, 0.6) is 0 Å². The number of nitrogens with one attached hydrogen (secondary N) is 1. The van der Waals surface area contributed by atoms with Gasteiger partial charge in [-0.3, -0.25) is 0 Å². The van der Waals surface area contributed by atoms with Crippen LogP contribution in [-0.4, -0.2) is 38.1 Å². The summed E-state index contributed by atoms with van der Waals surface area (Å²) in [5, 5.41) is 3.11. The van der Waals surface area contributed by atoms with E-state index in [2.05, 4.69) is 17.3 Å². The van der Waals surface area contributed by atoms with Crippen LogP contribution in [0.3, 0.4) is 0 Å². The number of rotatable bonds is 0.